The average molecular weight is 245 g/mol. The van der Waals surface area contributed by atoms with Crippen LogP contribution in [0, 0.1) is 0 Å². The van der Waals surface area contributed by atoms with Gasteiger partial charge in [-0.15, -0.1) is 0 Å². The van der Waals surface area contributed by atoms with E-state index >= 15 is 0 Å². The Bertz CT molecular complexity index is 466. The molecule has 0 aromatic carbocycles. The highest BCUT2D eigenvalue weighted by Crippen LogP contribution is 2.28. The largest absolute Gasteiger partial charge is 0.439 e. The Morgan fingerprint density at radius 1 is 1.28 bits per heavy atom. The third-order valence-electron chi connectivity index (χ3n) is 3.36. The van der Waals surface area contributed by atoms with Crippen molar-refractivity contribution < 1.29 is 9.53 Å². The molecule has 3 rings (SSSR count). The molecule has 0 bridgehead atoms. The maximum atomic E-state index is 11.5. The van der Waals surface area contributed by atoms with E-state index in [4.69, 9.17) is 4.74 Å². The second-order valence-electron chi connectivity index (χ2n) is 4.59. The molecule has 1 fully saturated rings. The van der Waals surface area contributed by atoms with E-state index in [1.807, 2.05) is 12.1 Å². The van der Waals surface area contributed by atoms with Crippen molar-refractivity contribution >= 4 is 11.5 Å². The summed E-state index contributed by atoms with van der Waals surface area (Å²) in [4.78, 5) is 13.7. The van der Waals surface area contributed by atoms with Crippen molar-refractivity contribution in [3.05, 3.63) is 30.1 Å². The van der Waals surface area contributed by atoms with Crippen LogP contribution in [0.1, 0.15) is 25.0 Å². The molecular weight excluding hydrogens is 230 g/mol. The van der Waals surface area contributed by atoms with Crippen LogP contribution in [0.2, 0.25) is 0 Å². The molecule has 0 radical (unpaired) electrons. The highest BCUT2D eigenvalue weighted by molar-refractivity contribution is 5.96. The summed E-state index contributed by atoms with van der Waals surface area (Å²) in [6.45, 7) is 1.94. The van der Waals surface area contributed by atoms with Crippen molar-refractivity contribution in [2.24, 2.45) is 0 Å². The van der Waals surface area contributed by atoms with Crippen LogP contribution in [-0.2, 0) is 9.53 Å². The van der Waals surface area contributed by atoms with E-state index in [2.05, 4.69) is 15.1 Å². The second kappa shape index (κ2) is 4.86. The molecule has 5 nitrogen and oxygen atoms in total. The first kappa shape index (κ1) is 11.3. The number of nitrogens with zero attached hydrogens (tertiary/aromatic N) is 3. The van der Waals surface area contributed by atoms with Crippen LogP contribution >= 0.6 is 0 Å². The van der Waals surface area contributed by atoms with Gasteiger partial charge in [0.15, 0.2) is 6.23 Å². The highest BCUT2D eigenvalue weighted by Gasteiger charge is 2.33. The molecule has 18 heavy (non-hydrogen) atoms. The Morgan fingerprint density at radius 2 is 2.11 bits per heavy atom. The Morgan fingerprint density at radius 3 is 2.83 bits per heavy atom. The Balaban J connectivity index is 1.86. The topological polar surface area (TPSA) is 55.3 Å². The number of rotatable bonds is 2. The van der Waals surface area contributed by atoms with Gasteiger partial charge >= 0.3 is 5.97 Å². The number of cyclic esters (lactones) is 1. The normalized spacial score (nSPS) is 24.8. The Hall–Kier alpha value is -1.75. The van der Waals surface area contributed by atoms with E-state index < -0.39 is 0 Å². The first-order chi connectivity index (χ1) is 8.84. The molecule has 0 N–H and O–H groups in total. The van der Waals surface area contributed by atoms with Crippen LogP contribution < -0.4 is 0 Å². The number of carbonyl (C=O) groups excluding carboxylic acids is 1. The van der Waals surface area contributed by atoms with E-state index in [9.17, 15) is 4.79 Å². The zero-order chi connectivity index (χ0) is 12.4. The standard InChI is InChI=1S/C13H15N3O2/c17-12-9-10(11-5-4-6-14-15-11)13(18-12)16-7-2-1-3-8-16/h4-6,9,13H,1-3,7-8H2. The second-order valence-corrected chi connectivity index (χ2v) is 4.59. The fourth-order valence-electron chi connectivity index (χ4n) is 2.49. The Labute approximate surface area is 105 Å². The molecule has 1 aromatic rings. The van der Waals surface area contributed by atoms with Crippen molar-refractivity contribution in [1.82, 2.24) is 15.1 Å². The lowest BCUT2D eigenvalue weighted by Crippen LogP contribution is -2.40. The molecule has 1 saturated heterocycles. The maximum absolute atomic E-state index is 11.5. The molecule has 0 spiro atoms. The third-order valence-corrected chi connectivity index (χ3v) is 3.36. The van der Waals surface area contributed by atoms with Gasteiger partial charge in [-0.2, -0.15) is 10.2 Å². The molecule has 0 saturated carbocycles. The zero-order valence-corrected chi connectivity index (χ0v) is 10.1. The van der Waals surface area contributed by atoms with Crippen LogP contribution in [-0.4, -0.2) is 40.4 Å². The summed E-state index contributed by atoms with van der Waals surface area (Å²) in [5, 5.41) is 7.92. The predicted molar refractivity (Wildman–Crippen MR) is 65.3 cm³/mol. The van der Waals surface area contributed by atoms with Gasteiger partial charge in [0.05, 0.1) is 5.69 Å². The number of hydrogen-bond acceptors (Lipinski definition) is 5. The van der Waals surface area contributed by atoms with Gasteiger partial charge in [0, 0.05) is 30.9 Å². The smallest absolute Gasteiger partial charge is 0.333 e. The van der Waals surface area contributed by atoms with E-state index in [1.165, 1.54) is 12.5 Å². The predicted octanol–water partition coefficient (Wildman–Crippen LogP) is 1.23. The van der Waals surface area contributed by atoms with Crippen molar-refractivity contribution in [1.29, 1.82) is 0 Å². The molecule has 1 aromatic heterocycles. The molecular formula is C13H15N3O2. The molecule has 2 aliphatic heterocycles. The minimum absolute atomic E-state index is 0.283. The fourth-order valence-corrected chi connectivity index (χ4v) is 2.49. The SMILES string of the molecule is O=C1C=C(c2cccnn2)C(N2CCCCC2)O1. The number of esters is 1. The molecule has 0 aliphatic carbocycles. The molecule has 1 unspecified atom stereocenters. The summed E-state index contributed by atoms with van der Waals surface area (Å²) >= 11 is 0. The highest BCUT2D eigenvalue weighted by atomic mass is 16.6. The quantitative estimate of drug-likeness (QED) is 0.733. The van der Waals surface area contributed by atoms with Gasteiger partial charge in [-0.3, -0.25) is 4.90 Å². The van der Waals surface area contributed by atoms with Crippen molar-refractivity contribution in [2.75, 3.05) is 13.1 Å². The zero-order valence-electron chi connectivity index (χ0n) is 10.1. The summed E-state index contributed by atoms with van der Waals surface area (Å²) in [5.74, 6) is -0.286. The number of carbonyl (C=O) groups is 1. The number of ether oxygens (including phenoxy) is 1. The van der Waals surface area contributed by atoms with Crippen LogP contribution in [0.5, 0.6) is 0 Å². The molecule has 5 heteroatoms. The van der Waals surface area contributed by atoms with Crippen molar-refractivity contribution in [3.63, 3.8) is 0 Å². The van der Waals surface area contributed by atoms with Crippen LogP contribution in [0.25, 0.3) is 5.57 Å². The average Bonchev–Trinajstić information content (AvgIpc) is 2.83. The van der Waals surface area contributed by atoms with Crippen LogP contribution in [0.15, 0.2) is 24.4 Å². The molecule has 3 heterocycles. The minimum atomic E-state index is -0.286. The van der Waals surface area contributed by atoms with Gasteiger partial charge in [0.1, 0.15) is 0 Å². The lowest BCUT2D eigenvalue weighted by molar-refractivity contribution is -0.145. The first-order valence-corrected chi connectivity index (χ1v) is 6.29. The molecule has 1 atom stereocenters. The number of piperidine rings is 1. The maximum Gasteiger partial charge on any atom is 0.333 e. The van der Waals surface area contributed by atoms with E-state index in [1.54, 1.807) is 6.20 Å². The molecule has 94 valence electrons. The molecule has 0 amide bonds. The summed E-state index contributed by atoms with van der Waals surface area (Å²) in [5.41, 5.74) is 1.55. The van der Waals surface area contributed by atoms with Crippen molar-refractivity contribution in [2.45, 2.75) is 25.5 Å². The third kappa shape index (κ3) is 2.13. The van der Waals surface area contributed by atoms with E-state index in [0.717, 1.165) is 37.2 Å². The van der Waals surface area contributed by atoms with E-state index in [0.29, 0.717) is 0 Å². The van der Waals surface area contributed by atoms with Gasteiger partial charge in [-0.05, 0) is 25.0 Å². The number of hydrogen-bond donors (Lipinski definition) is 0. The minimum Gasteiger partial charge on any atom is -0.439 e. The monoisotopic (exact) mass is 245 g/mol. The summed E-state index contributed by atoms with van der Waals surface area (Å²) in [7, 11) is 0. The van der Waals surface area contributed by atoms with Crippen LogP contribution in [0.3, 0.4) is 0 Å². The lowest BCUT2D eigenvalue weighted by Gasteiger charge is -2.32. The van der Waals surface area contributed by atoms with Gasteiger partial charge in [0.25, 0.3) is 0 Å². The van der Waals surface area contributed by atoms with Gasteiger partial charge < -0.3 is 4.74 Å². The van der Waals surface area contributed by atoms with Gasteiger partial charge in [0.2, 0.25) is 0 Å². The van der Waals surface area contributed by atoms with E-state index in [-0.39, 0.29) is 12.2 Å². The van der Waals surface area contributed by atoms with Gasteiger partial charge in [-0.25, -0.2) is 4.79 Å². The van der Waals surface area contributed by atoms with Gasteiger partial charge in [-0.1, -0.05) is 6.42 Å². The summed E-state index contributed by atoms with van der Waals surface area (Å²) in [6.07, 6.45) is 6.43. The lowest BCUT2D eigenvalue weighted by atomic mass is 10.1. The van der Waals surface area contributed by atoms with Crippen LogP contribution in [0.4, 0.5) is 0 Å². The fraction of sp³-hybridized carbons (Fsp3) is 0.462. The number of aromatic nitrogens is 2. The van der Waals surface area contributed by atoms with Crippen molar-refractivity contribution in [3.8, 4) is 0 Å². The first-order valence-electron chi connectivity index (χ1n) is 6.29. The number of likely N-dealkylation sites (tertiary alicyclic amines) is 1. The summed E-state index contributed by atoms with van der Waals surface area (Å²) < 4.78 is 5.39. The molecule has 2 aliphatic rings. The summed E-state index contributed by atoms with van der Waals surface area (Å²) in [6, 6.07) is 3.68. The Kier molecular flexibility index (Phi) is 3.06.